The lowest BCUT2D eigenvalue weighted by Crippen LogP contribution is -2.03. The minimum Gasteiger partial charge on any atom is -0.242 e. The van der Waals surface area contributed by atoms with Crippen molar-refractivity contribution in [1.82, 2.24) is 19.7 Å². The number of aryl methyl sites for hydroxylation is 2. The summed E-state index contributed by atoms with van der Waals surface area (Å²) in [6.07, 6.45) is 1.40. The van der Waals surface area contributed by atoms with Crippen LogP contribution in [0.1, 0.15) is 17.1 Å². The Kier molecular flexibility index (Phi) is 3.12. The Morgan fingerprint density at radius 3 is 2.39 bits per heavy atom. The predicted octanol–water partition coefficient (Wildman–Crippen LogP) is 1.52. The van der Waals surface area contributed by atoms with Gasteiger partial charge in [0.2, 0.25) is 0 Å². The van der Waals surface area contributed by atoms with E-state index in [-0.39, 0.29) is 4.90 Å². The molecule has 18 heavy (non-hydrogen) atoms. The molecule has 6 nitrogen and oxygen atoms in total. The third-order valence-corrected chi connectivity index (χ3v) is 4.02. The minimum absolute atomic E-state index is 0.0282. The zero-order valence-electron chi connectivity index (χ0n) is 10.0. The van der Waals surface area contributed by atoms with Gasteiger partial charge in [-0.3, -0.25) is 0 Å². The van der Waals surface area contributed by atoms with Crippen molar-refractivity contribution in [2.24, 2.45) is 0 Å². The van der Waals surface area contributed by atoms with Crippen molar-refractivity contribution in [1.29, 1.82) is 0 Å². The molecular formula is C10H11ClN4O2S. The van der Waals surface area contributed by atoms with Gasteiger partial charge in [-0.1, -0.05) is 0 Å². The monoisotopic (exact) mass is 286 g/mol. The summed E-state index contributed by atoms with van der Waals surface area (Å²) in [6.45, 7) is 5.04. The van der Waals surface area contributed by atoms with Crippen LogP contribution in [0.5, 0.6) is 0 Å². The SMILES string of the molecule is Cc1cc(-n2nc(C)c(S(=O)(=O)Cl)c2C)ncn1. The Morgan fingerprint density at radius 2 is 1.89 bits per heavy atom. The lowest BCUT2D eigenvalue weighted by molar-refractivity contribution is 0.608. The third kappa shape index (κ3) is 2.23. The molecule has 0 aliphatic heterocycles. The summed E-state index contributed by atoms with van der Waals surface area (Å²) in [5.41, 5.74) is 1.54. The molecule has 2 rings (SSSR count). The lowest BCUT2D eigenvalue weighted by Gasteiger charge is -2.03. The van der Waals surface area contributed by atoms with Gasteiger partial charge in [-0.15, -0.1) is 0 Å². The fourth-order valence-corrected chi connectivity index (χ4v) is 3.26. The fraction of sp³-hybridized carbons (Fsp3) is 0.300. The molecule has 0 spiro atoms. The van der Waals surface area contributed by atoms with Crippen molar-refractivity contribution >= 4 is 19.7 Å². The van der Waals surface area contributed by atoms with Crippen LogP contribution < -0.4 is 0 Å². The average Bonchev–Trinajstić information content (AvgIpc) is 2.53. The van der Waals surface area contributed by atoms with Crippen molar-refractivity contribution in [3.05, 3.63) is 29.5 Å². The zero-order valence-corrected chi connectivity index (χ0v) is 11.6. The maximum Gasteiger partial charge on any atom is 0.264 e. The topological polar surface area (TPSA) is 77.7 Å². The molecule has 0 fully saturated rings. The summed E-state index contributed by atoms with van der Waals surface area (Å²) in [7, 11) is 1.57. The van der Waals surface area contributed by atoms with Crippen LogP contribution >= 0.6 is 10.7 Å². The van der Waals surface area contributed by atoms with Crippen molar-refractivity contribution in [3.63, 3.8) is 0 Å². The van der Waals surface area contributed by atoms with Gasteiger partial charge >= 0.3 is 0 Å². The number of hydrogen-bond acceptors (Lipinski definition) is 5. The van der Waals surface area contributed by atoms with E-state index in [9.17, 15) is 8.42 Å². The largest absolute Gasteiger partial charge is 0.264 e. The molecule has 0 bridgehead atoms. The van der Waals surface area contributed by atoms with Crippen molar-refractivity contribution in [2.45, 2.75) is 25.7 Å². The zero-order chi connectivity index (χ0) is 13.5. The van der Waals surface area contributed by atoms with Gasteiger partial charge in [0.25, 0.3) is 9.05 Å². The molecule has 2 aromatic heterocycles. The molecule has 0 amide bonds. The number of aromatic nitrogens is 4. The van der Waals surface area contributed by atoms with E-state index < -0.39 is 9.05 Å². The van der Waals surface area contributed by atoms with Crippen LogP contribution in [0.3, 0.4) is 0 Å². The highest BCUT2D eigenvalue weighted by Gasteiger charge is 2.23. The van der Waals surface area contributed by atoms with E-state index in [1.54, 1.807) is 19.9 Å². The highest BCUT2D eigenvalue weighted by Crippen LogP contribution is 2.24. The van der Waals surface area contributed by atoms with Gasteiger partial charge in [-0.2, -0.15) is 5.10 Å². The van der Waals surface area contributed by atoms with E-state index in [0.29, 0.717) is 17.2 Å². The van der Waals surface area contributed by atoms with Crippen LogP contribution in [0.2, 0.25) is 0 Å². The van der Waals surface area contributed by atoms with E-state index in [1.807, 2.05) is 6.92 Å². The maximum absolute atomic E-state index is 11.5. The molecule has 2 heterocycles. The second kappa shape index (κ2) is 4.33. The van der Waals surface area contributed by atoms with E-state index in [4.69, 9.17) is 10.7 Å². The first-order valence-corrected chi connectivity index (χ1v) is 7.41. The summed E-state index contributed by atoms with van der Waals surface area (Å²) in [4.78, 5) is 8.06. The van der Waals surface area contributed by atoms with Crippen LogP contribution in [0.15, 0.2) is 17.3 Å². The van der Waals surface area contributed by atoms with Crippen molar-refractivity contribution < 1.29 is 8.42 Å². The van der Waals surface area contributed by atoms with E-state index in [0.717, 1.165) is 5.69 Å². The molecule has 0 saturated heterocycles. The first kappa shape index (κ1) is 13.0. The molecule has 0 saturated carbocycles. The van der Waals surface area contributed by atoms with E-state index >= 15 is 0 Å². The molecule has 0 aliphatic carbocycles. The molecule has 8 heteroatoms. The number of halogens is 1. The smallest absolute Gasteiger partial charge is 0.242 e. The molecule has 0 unspecified atom stereocenters. The van der Waals surface area contributed by atoms with Crippen LogP contribution in [0, 0.1) is 20.8 Å². The van der Waals surface area contributed by atoms with Gasteiger partial charge < -0.3 is 0 Å². The minimum atomic E-state index is -3.82. The maximum atomic E-state index is 11.5. The summed E-state index contributed by atoms with van der Waals surface area (Å²) in [5.74, 6) is 0.509. The van der Waals surface area contributed by atoms with Gasteiger partial charge in [0.15, 0.2) is 5.82 Å². The van der Waals surface area contributed by atoms with E-state index in [2.05, 4.69) is 15.1 Å². The summed E-state index contributed by atoms with van der Waals surface area (Å²) in [5, 5.41) is 4.15. The van der Waals surface area contributed by atoms with E-state index in [1.165, 1.54) is 11.0 Å². The first-order valence-electron chi connectivity index (χ1n) is 5.10. The normalized spacial score (nSPS) is 11.8. The van der Waals surface area contributed by atoms with Gasteiger partial charge in [0, 0.05) is 22.4 Å². The molecule has 2 aromatic rings. The van der Waals surface area contributed by atoms with Gasteiger partial charge in [0.05, 0.1) is 11.4 Å². The Bertz CT molecular complexity index is 709. The van der Waals surface area contributed by atoms with Crippen LogP contribution in [-0.2, 0) is 9.05 Å². The van der Waals surface area contributed by atoms with Gasteiger partial charge in [0.1, 0.15) is 11.2 Å². The highest BCUT2D eigenvalue weighted by molar-refractivity contribution is 8.13. The summed E-state index contributed by atoms with van der Waals surface area (Å²) < 4.78 is 24.4. The fourth-order valence-electron chi connectivity index (χ4n) is 1.76. The highest BCUT2D eigenvalue weighted by atomic mass is 35.7. The number of rotatable bonds is 2. The quantitative estimate of drug-likeness (QED) is 0.782. The van der Waals surface area contributed by atoms with Gasteiger partial charge in [-0.05, 0) is 20.8 Å². The molecule has 0 N–H and O–H groups in total. The van der Waals surface area contributed by atoms with Crippen LogP contribution in [0.4, 0.5) is 0 Å². The number of nitrogens with zero attached hydrogens (tertiary/aromatic N) is 4. The second-order valence-electron chi connectivity index (χ2n) is 3.87. The average molecular weight is 287 g/mol. The Balaban J connectivity index is 2.69. The van der Waals surface area contributed by atoms with Gasteiger partial charge in [-0.25, -0.2) is 23.1 Å². The molecule has 96 valence electrons. The molecular weight excluding hydrogens is 276 g/mol. The molecule has 0 aromatic carbocycles. The Hall–Kier alpha value is -1.47. The molecule has 0 aliphatic rings. The van der Waals surface area contributed by atoms with Crippen LogP contribution in [-0.4, -0.2) is 28.2 Å². The second-order valence-corrected chi connectivity index (χ2v) is 6.37. The lowest BCUT2D eigenvalue weighted by atomic mass is 10.4. The first-order chi connectivity index (χ1) is 8.30. The standard InChI is InChI=1S/C10H11ClN4O2S/c1-6-4-9(13-5-12-6)15-8(3)10(7(2)14-15)18(11,16)17/h4-5H,1-3H3. The number of hydrogen-bond donors (Lipinski definition) is 0. The third-order valence-electron chi connectivity index (χ3n) is 2.48. The molecule has 0 radical (unpaired) electrons. The van der Waals surface area contributed by atoms with Crippen molar-refractivity contribution in [3.8, 4) is 5.82 Å². The Labute approximate surface area is 109 Å². The van der Waals surface area contributed by atoms with Crippen LogP contribution in [0.25, 0.3) is 5.82 Å². The predicted molar refractivity (Wildman–Crippen MR) is 66.4 cm³/mol. The summed E-state index contributed by atoms with van der Waals surface area (Å²) >= 11 is 0. The van der Waals surface area contributed by atoms with Crippen molar-refractivity contribution in [2.75, 3.05) is 0 Å². The summed E-state index contributed by atoms with van der Waals surface area (Å²) in [6, 6.07) is 1.71. The Morgan fingerprint density at radius 1 is 1.22 bits per heavy atom. The molecule has 0 atom stereocenters.